The lowest BCUT2D eigenvalue weighted by Crippen LogP contribution is -2.43. The van der Waals surface area contributed by atoms with Gasteiger partial charge in [0.1, 0.15) is 11.3 Å². The minimum Gasteiger partial charge on any atom is -0.480 e. The van der Waals surface area contributed by atoms with Gasteiger partial charge in [-0.05, 0) is 12.1 Å². The van der Waals surface area contributed by atoms with Gasteiger partial charge in [0.05, 0.1) is 24.0 Å². The molecule has 0 aliphatic rings. The summed E-state index contributed by atoms with van der Waals surface area (Å²) in [6.45, 7) is -0.194. The number of imidazole rings is 1. The second kappa shape index (κ2) is 5.66. The molecule has 0 radical (unpaired) electrons. The third kappa shape index (κ3) is 2.75. The number of aromatic nitrogens is 2. The Kier molecular flexibility index (Phi) is 3.94. The van der Waals surface area contributed by atoms with Crippen LogP contribution in [0.2, 0.25) is 0 Å². The van der Waals surface area contributed by atoms with E-state index >= 15 is 0 Å². The number of rotatable bonds is 5. The van der Waals surface area contributed by atoms with Crippen LogP contribution in [-0.4, -0.2) is 46.7 Å². The van der Waals surface area contributed by atoms with Crippen LogP contribution in [0.25, 0.3) is 11.0 Å². The molecule has 0 fully saturated rings. The Morgan fingerprint density at radius 1 is 1.55 bits per heavy atom. The number of hydrogen-bond acceptors (Lipinski definition) is 4. The number of methoxy groups -OCH3 is 1. The molecule has 1 heterocycles. The number of carboxylic acid groups (broad SMARTS) is 1. The molecule has 0 saturated heterocycles. The number of H-pyrrole nitrogens is 1. The number of amides is 1. The molecule has 2 rings (SSSR count). The molecule has 1 amide bonds. The lowest BCUT2D eigenvalue weighted by atomic mass is 10.1. The molecule has 2 aromatic rings. The zero-order valence-corrected chi connectivity index (χ0v) is 10.5. The third-order valence-electron chi connectivity index (χ3n) is 2.67. The molecule has 8 heteroatoms. The summed E-state index contributed by atoms with van der Waals surface area (Å²) in [6, 6.07) is 0.984. The van der Waals surface area contributed by atoms with Crippen molar-refractivity contribution in [2.45, 2.75) is 6.04 Å². The molecule has 1 aromatic carbocycles. The molecule has 7 nitrogen and oxygen atoms in total. The van der Waals surface area contributed by atoms with Crippen molar-refractivity contribution in [3.63, 3.8) is 0 Å². The summed E-state index contributed by atoms with van der Waals surface area (Å²) in [5.74, 6) is -2.59. The molecular weight excluding hydrogens is 269 g/mol. The number of benzene rings is 1. The Balaban J connectivity index is 2.31. The Labute approximate surface area is 112 Å². The largest absolute Gasteiger partial charge is 0.480 e. The highest BCUT2D eigenvalue weighted by Gasteiger charge is 2.22. The predicted molar refractivity (Wildman–Crippen MR) is 66.8 cm³/mol. The topological polar surface area (TPSA) is 104 Å². The van der Waals surface area contributed by atoms with Gasteiger partial charge in [0, 0.05) is 7.11 Å². The number of nitrogens with one attached hydrogen (secondary N) is 2. The van der Waals surface area contributed by atoms with Crippen LogP contribution in [0.5, 0.6) is 0 Å². The van der Waals surface area contributed by atoms with E-state index in [0.29, 0.717) is 5.52 Å². The van der Waals surface area contributed by atoms with Gasteiger partial charge in [-0.2, -0.15) is 0 Å². The Morgan fingerprint density at radius 2 is 2.30 bits per heavy atom. The van der Waals surface area contributed by atoms with Gasteiger partial charge < -0.3 is 20.1 Å². The smallest absolute Gasteiger partial charge is 0.328 e. The van der Waals surface area contributed by atoms with Gasteiger partial charge in [-0.25, -0.2) is 14.2 Å². The Hall–Kier alpha value is -2.48. The first-order chi connectivity index (χ1) is 9.52. The lowest BCUT2D eigenvalue weighted by molar-refractivity contribution is -0.140. The zero-order chi connectivity index (χ0) is 14.7. The fourth-order valence-corrected chi connectivity index (χ4v) is 1.77. The van der Waals surface area contributed by atoms with Gasteiger partial charge in [0.25, 0.3) is 5.91 Å². The van der Waals surface area contributed by atoms with Crippen molar-refractivity contribution < 1.29 is 23.8 Å². The van der Waals surface area contributed by atoms with Crippen LogP contribution < -0.4 is 5.32 Å². The third-order valence-corrected chi connectivity index (χ3v) is 2.67. The maximum Gasteiger partial charge on any atom is 0.328 e. The molecule has 0 saturated carbocycles. The first-order valence-electron chi connectivity index (χ1n) is 5.68. The average Bonchev–Trinajstić information content (AvgIpc) is 2.84. The minimum absolute atomic E-state index is 0.0383. The highest BCUT2D eigenvalue weighted by molar-refractivity contribution is 6.05. The molecule has 106 valence electrons. The normalized spacial score (nSPS) is 12.3. The van der Waals surface area contributed by atoms with Crippen molar-refractivity contribution in [2.75, 3.05) is 13.7 Å². The molecule has 1 unspecified atom stereocenters. The molecular formula is C12H12FN3O4. The molecule has 20 heavy (non-hydrogen) atoms. The highest BCUT2D eigenvalue weighted by Crippen LogP contribution is 2.17. The van der Waals surface area contributed by atoms with Crippen LogP contribution in [0.15, 0.2) is 18.5 Å². The van der Waals surface area contributed by atoms with Gasteiger partial charge in [-0.3, -0.25) is 4.79 Å². The Morgan fingerprint density at radius 3 is 2.95 bits per heavy atom. The van der Waals surface area contributed by atoms with Crippen molar-refractivity contribution in [1.82, 2.24) is 15.3 Å². The monoisotopic (exact) mass is 281 g/mol. The van der Waals surface area contributed by atoms with Gasteiger partial charge in [0.15, 0.2) is 6.04 Å². The van der Waals surface area contributed by atoms with E-state index in [9.17, 15) is 14.0 Å². The molecule has 0 bridgehead atoms. The molecule has 0 spiro atoms. The standard InChI is InChI=1S/C12H12FN3O4/c1-20-4-9(12(18)19)16-11(17)7-2-6(13)3-8-10(7)15-5-14-8/h2-3,5,9H,4H2,1H3,(H,14,15)(H,16,17)(H,18,19). The van der Waals surface area contributed by atoms with Gasteiger partial charge in [-0.1, -0.05) is 0 Å². The number of halogens is 1. The van der Waals surface area contributed by atoms with Crippen molar-refractivity contribution in [2.24, 2.45) is 0 Å². The summed E-state index contributed by atoms with van der Waals surface area (Å²) in [5, 5.41) is 11.2. The van der Waals surface area contributed by atoms with E-state index < -0.39 is 23.7 Å². The van der Waals surface area contributed by atoms with E-state index in [1.807, 2.05) is 0 Å². The Bertz CT molecular complexity index is 655. The minimum atomic E-state index is -1.24. The molecule has 0 aliphatic carbocycles. The summed E-state index contributed by atoms with van der Waals surface area (Å²) >= 11 is 0. The van der Waals surface area contributed by atoms with Crippen molar-refractivity contribution in [3.05, 3.63) is 29.8 Å². The highest BCUT2D eigenvalue weighted by atomic mass is 19.1. The number of fused-ring (bicyclic) bond motifs is 1. The van der Waals surface area contributed by atoms with E-state index in [1.165, 1.54) is 19.5 Å². The van der Waals surface area contributed by atoms with Gasteiger partial charge in [-0.15, -0.1) is 0 Å². The number of nitrogens with zero attached hydrogens (tertiary/aromatic N) is 1. The number of aromatic amines is 1. The van der Waals surface area contributed by atoms with Crippen LogP contribution in [0.1, 0.15) is 10.4 Å². The fraction of sp³-hybridized carbons (Fsp3) is 0.250. The fourth-order valence-electron chi connectivity index (χ4n) is 1.77. The lowest BCUT2D eigenvalue weighted by Gasteiger charge is -2.13. The van der Waals surface area contributed by atoms with Crippen molar-refractivity contribution in [3.8, 4) is 0 Å². The quantitative estimate of drug-likeness (QED) is 0.741. The second-order valence-electron chi connectivity index (χ2n) is 4.07. The first kappa shape index (κ1) is 13.9. The summed E-state index contributed by atoms with van der Waals surface area (Å²) < 4.78 is 18.1. The van der Waals surface area contributed by atoms with Crippen LogP contribution in [0.4, 0.5) is 4.39 Å². The van der Waals surface area contributed by atoms with Crippen LogP contribution in [0, 0.1) is 5.82 Å². The number of carboxylic acids is 1. The van der Waals surface area contributed by atoms with Crippen molar-refractivity contribution in [1.29, 1.82) is 0 Å². The maximum absolute atomic E-state index is 13.4. The number of ether oxygens (including phenoxy) is 1. The average molecular weight is 281 g/mol. The SMILES string of the molecule is COCC(NC(=O)c1cc(F)cc2[nH]cnc12)C(=O)O. The van der Waals surface area contributed by atoms with Crippen LogP contribution in [-0.2, 0) is 9.53 Å². The van der Waals surface area contributed by atoms with E-state index in [2.05, 4.69) is 15.3 Å². The number of aliphatic carboxylic acids is 1. The molecule has 1 atom stereocenters. The first-order valence-corrected chi connectivity index (χ1v) is 5.68. The van der Waals surface area contributed by atoms with E-state index in [4.69, 9.17) is 9.84 Å². The number of carbonyl (C=O) groups is 2. The maximum atomic E-state index is 13.4. The van der Waals surface area contributed by atoms with E-state index in [0.717, 1.165) is 6.07 Å². The summed E-state index contributed by atoms with van der Waals surface area (Å²) in [4.78, 5) is 29.6. The van der Waals surface area contributed by atoms with Crippen LogP contribution in [0.3, 0.4) is 0 Å². The van der Waals surface area contributed by atoms with Crippen molar-refractivity contribution >= 4 is 22.9 Å². The summed E-state index contributed by atoms with van der Waals surface area (Å²) in [5.41, 5.74) is 0.586. The second-order valence-corrected chi connectivity index (χ2v) is 4.07. The zero-order valence-electron chi connectivity index (χ0n) is 10.5. The van der Waals surface area contributed by atoms with Crippen LogP contribution >= 0.6 is 0 Å². The number of carbonyl (C=O) groups excluding carboxylic acids is 1. The predicted octanol–water partition coefficient (Wildman–Crippen LogP) is 0.531. The van der Waals surface area contributed by atoms with Gasteiger partial charge >= 0.3 is 5.97 Å². The van der Waals surface area contributed by atoms with Gasteiger partial charge in [0.2, 0.25) is 0 Å². The molecule has 1 aromatic heterocycles. The summed E-state index contributed by atoms with van der Waals surface area (Å²) in [7, 11) is 1.32. The molecule has 0 aliphatic heterocycles. The van der Waals surface area contributed by atoms with E-state index in [-0.39, 0.29) is 17.7 Å². The summed E-state index contributed by atoms with van der Waals surface area (Å²) in [6.07, 6.45) is 1.32. The van der Waals surface area contributed by atoms with E-state index in [1.54, 1.807) is 0 Å². The molecule has 3 N–H and O–H groups in total. The number of hydrogen-bond donors (Lipinski definition) is 3.